The van der Waals surface area contributed by atoms with Crippen LogP contribution in [0.5, 0.6) is 0 Å². The van der Waals surface area contributed by atoms with E-state index in [2.05, 4.69) is 15.0 Å². The molecule has 1 heterocycles. The molecule has 3 aromatic rings. The van der Waals surface area contributed by atoms with E-state index in [9.17, 15) is 13.2 Å². The second kappa shape index (κ2) is 7.59. The summed E-state index contributed by atoms with van der Waals surface area (Å²) in [7, 11) is -3.80. The topological polar surface area (TPSA) is 88.2 Å². The Balaban J connectivity index is 1.87. The van der Waals surface area contributed by atoms with Crippen LogP contribution in [0.3, 0.4) is 0 Å². The Bertz CT molecular complexity index is 1080. The van der Waals surface area contributed by atoms with Crippen molar-refractivity contribution in [1.29, 1.82) is 0 Å². The Kier molecular flexibility index (Phi) is 5.23. The van der Waals surface area contributed by atoms with E-state index < -0.39 is 10.0 Å². The number of nitrogens with one attached hydrogen (secondary N) is 2. The van der Waals surface area contributed by atoms with Gasteiger partial charge >= 0.3 is 0 Å². The fourth-order valence-corrected chi connectivity index (χ4v) is 3.91. The van der Waals surface area contributed by atoms with Gasteiger partial charge in [-0.05, 0) is 61.4 Å². The van der Waals surface area contributed by atoms with E-state index >= 15 is 0 Å². The number of rotatable bonds is 5. The van der Waals surface area contributed by atoms with Gasteiger partial charge in [-0.25, -0.2) is 8.42 Å². The molecule has 2 N–H and O–H groups in total. The number of aromatic nitrogens is 1. The molecule has 6 nitrogen and oxygen atoms in total. The molecule has 0 aliphatic carbocycles. The van der Waals surface area contributed by atoms with Gasteiger partial charge in [-0.3, -0.25) is 14.5 Å². The van der Waals surface area contributed by atoms with Crippen molar-refractivity contribution >= 4 is 27.3 Å². The number of anilines is 2. The van der Waals surface area contributed by atoms with E-state index in [0.29, 0.717) is 22.5 Å². The second-order valence-electron chi connectivity index (χ2n) is 6.15. The molecule has 27 heavy (non-hydrogen) atoms. The number of pyridine rings is 1. The smallest absolute Gasteiger partial charge is 0.262 e. The maximum absolute atomic E-state index is 12.8. The van der Waals surface area contributed by atoms with Crippen molar-refractivity contribution in [3.8, 4) is 0 Å². The van der Waals surface area contributed by atoms with Crippen LogP contribution in [0, 0.1) is 13.8 Å². The Labute approximate surface area is 158 Å². The molecule has 0 aliphatic heterocycles. The van der Waals surface area contributed by atoms with Crippen molar-refractivity contribution in [2.45, 2.75) is 18.7 Å². The Morgan fingerprint density at radius 2 is 1.78 bits per heavy atom. The van der Waals surface area contributed by atoms with Crippen molar-refractivity contribution in [2.75, 3.05) is 10.0 Å². The first-order valence-corrected chi connectivity index (χ1v) is 9.75. The number of aryl methyl sites for hydroxylation is 2. The average Bonchev–Trinajstić information content (AvgIpc) is 2.63. The number of benzene rings is 2. The molecule has 0 aliphatic rings. The molecule has 0 unspecified atom stereocenters. The largest absolute Gasteiger partial charge is 0.322 e. The number of hydrogen-bond acceptors (Lipinski definition) is 4. The molecular formula is C20H19N3O3S. The van der Waals surface area contributed by atoms with Gasteiger partial charge in [-0.15, -0.1) is 0 Å². The predicted molar refractivity (Wildman–Crippen MR) is 105 cm³/mol. The SMILES string of the molecule is Cc1cccc(NS(=O)(=O)c2cc(NC(=O)c3cccnc3)ccc2C)c1. The minimum Gasteiger partial charge on any atom is -0.322 e. The van der Waals surface area contributed by atoms with Crippen LogP contribution in [0.1, 0.15) is 21.5 Å². The molecule has 0 saturated carbocycles. The minimum absolute atomic E-state index is 0.105. The first kappa shape index (κ1) is 18.6. The van der Waals surface area contributed by atoms with Gasteiger partial charge < -0.3 is 5.32 Å². The van der Waals surface area contributed by atoms with Gasteiger partial charge in [0.25, 0.3) is 15.9 Å². The maximum Gasteiger partial charge on any atom is 0.262 e. The molecular weight excluding hydrogens is 362 g/mol. The molecule has 0 spiro atoms. The minimum atomic E-state index is -3.80. The second-order valence-corrected chi connectivity index (χ2v) is 7.80. The highest BCUT2D eigenvalue weighted by Gasteiger charge is 2.18. The van der Waals surface area contributed by atoms with Gasteiger partial charge in [-0.2, -0.15) is 0 Å². The third kappa shape index (κ3) is 4.51. The van der Waals surface area contributed by atoms with E-state index in [0.717, 1.165) is 5.56 Å². The van der Waals surface area contributed by atoms with Crippen LogP contribution < -0.4 is 10.0 Å². The van der Waals surface area contributed by atoms with Gasteiger partial charge in [-0.1, -0.05) is 18.2 Å². The van der Waals surface area contributed by atoms with Crippen molar-refractivity contribution in [3.63, 3.8) is 0 Å². The molecule has 2 aromatic carbocycles. The molecule has 1 aromatic heterocycles. The quantitative estimate of drug-likeness (QED) is 0.704. The summed E-state index contributed by atoms with van der Waals surface area (Å²) in [6.45, 7) is 3.59. The third-order valence-corrected chi connectivity index (χ3v) is 5.45. The summed E-state index contributed by atoms with van der Waals surface area (Å²) in [6.07, 6.45) is 3.02. The van der Waals surface area contributed by atoms with Crippen LogP contribution in [0.4, 0.5) is 11.4 Å². The summed E-state index contributed by atoms with van der Waals surface area (Å²) in [5.74, 6) is -0.359. The van der Waals surface area contributed by atoms with E-state index in [1.165, 1.54) is 12.3 Å². The monoisotopic (exact) mass is 381 g/mol. The number of nitrogens with zero attached hydrogens (tertiary/aromatic N) is 1. The summed E-state index contributed by atoms with van der Waals surface area (Å²) in [6, 6.07) is 15.2. The molecule has 3 rings (SSSR count). The lowest BCUT2D eigenvalue weighted by Gasteiger charge is -2.13. The van der Waals surface area contributed by atoms with Crippen molar-refractivity contribution in [2.24, 2.45) is 0 Å². The highest BCUT2D eigenvalue weighted by atomic mass is 32.2. The number of amides is 1. The lowest BCUT2D eigenvalue weighted by Crippen LogP contribution is -2.16. The summed E-state index contributed by atoms with van der Waals surface area (Å²) in [5.41, 5.74) is 2.79. The lowest BCUT2D eigenvalue weighted by molar-refractivity contribution is 0.102. The molecule has 0 saturated heterocycles. The number of carbonyl (C=O) groups excluding carboxylic acids is 1. The first-order chi connectivity index (χ1) is 12.8. The molecule has 138 valence electrons. The summed E-state index contributed by atoms with van der Waals surface area (Å²) in [5, 5.41) is 2.70. The number of hydrogen-bond donors (Lipinski definition) is 2. The van der Waals surface area contributed by atoms with Crippen molar-refractivity contribution in [1.82, 2.24) is 4.98 Å². The average molecular weight is 381 g/mol. The highest BCUT2D eigenvalue weighted by Crippen LogP contribution is 2.23. The van der Waals surface area contributed by atoms with E-state index in [-0.39, 0.29) is 10.8 Å². The number of carbonyl (C=O) groups is 1. The van der Waals surface area contributed by atoms with Crippen LogP contribution in [-0.4, -0.2) is 19.3 Å². The lowest BCUT2D eigenvalue weighted by atomic mass is 10.2. The van der Waals surface area contributed by atoms with Gasteiger partial charge in [0, 0.05) is 23.8 Å². The van der Waals surface area contributed by atoms with Crippen LogP contribution in [0.15, 0.2) is 71.9 Å². The summed E-state index contributed by atoms with van der Waals surface area (Å²) >= 11 is 0. The van der Waals surface area contributed by atoms with Gasteiger partial charge in [0.1, 0.15) is 0 Å². The molecule has 7 heteroatoms. The predicted octanol–water partition coefficient (Wildman–Crippen LogP) is 3.75. The normalized spacial score (nSPS) is 11.0. The Morgan fingerprint density at radius 3 is 2.48 bits per heavy atom. The third-order valence-electron chi connectivity index (χ3n) is 3.93. The maximum atomic E-state index is 12.8. The van der Waals surface area contributed by atoms with Gasteiger partial charge in [0.05, 0.1) is 10.5 Å². The fourth-order valence-electron chi connectivity index (χ4n) is 2.59. The van der Waals surface area contributed by atoms with Gasteiger partial charge in [0.15, 0.2) is 0 Å². The molecule has 0 bridgehead atoms. The fraction of sp³-hybridized carbons (Fsp3) is 0.100. The Hall–Kier alpha value is -3.19. The summed E-state index contributed by atoms with van der Waals surface area (Å²) < 4.78 is 28.2. The zero-order valence-corrected chi connectivity index (χ0v) is 15.7. The van der Waals surface area contributed by atoms with E-state index in [4.69, 9.17) is 0 Å². The van der Waals surface area contributed by atoms with Crippen LogP contribution in [-0.2, 0) is 10.0 Å². The highest BCUT2D eigenvalue weighted by molar-refractivity contribution is 7.92. The first-order valence-electron chi connectivity index (χ1n) is 8.27. The van der Waals surface area contributed by atoms with Crippen LogP contribution in [0.25, 0.3) is 0 Å². The zero-order valence-electron chi connectivity index (χ0n) is 14.9. The Morgan fingerprint density at radius 1 is 0.963 bits per heavy atom. The molecule has 1 amide bonds. The van der Waals surface area contributed by atoms with Crippen LogP contribution in [0.2, 0.25) is 0 Å². The van der Waals surface area contributed by atoms with Crippen molar-refractivity contribution < 1.29 is 13.2 Å². The van der Waals surface area contributed by atoms with E-state index in [1.54, 1.807) is 55.6 Å². The van der Waals surface area contributed by atoms with Gasteiger partial charge in [0.2, 0.25) is 0 Å². The number of sulfonamides is 1. The molecule has 0 atom stereocenters. The molecule has 0 fully saturated rings. The van der Waals surface area contributed by atoms with Crippen molar-refractivity contribution in [3.05, 3.63) is 83.7 Å². The zero-order chi connectivity index (χ0) is 19.4. The molecule has 0 radical (unpaired) electrons. The van der Waals surface area contributed by atoms with Crippen LogP contribution >= 0.6 is 0 Å². The standard InChI is InChI=1S/C20H19N3O3S/c1-14-5-3-7-18(11-14)23-27(25,26)19-12-17(9-8-15(19)2)22-20(24)16-6-4-10-21-13-16/h3-13,23H,1-2H3,(H,22,24). The van der Waals surface area contributed by atoms with E-state index in [1.807, 2.05) is 13.0 Å². The summed E-state index contributed by atoms with van der Waals surface area (Å²) in [4.78, 5) is 16.3.